The number of hydrogen-bond acceptors (Lipinski definition) is 3. The summed E-state index contributed by atoms with van der Waals surface area (Å²) >= 11 is 8.96. The number of aliphatic carboxylic acids is 1. The van der Waals surface area contributed by atoms with E-state index in [1.54, 1.807) is 38.1 Å². The van der Waals surface area contributed by atoms with Gasteiger partial charge in [0.15, 0.2) is 5.41 Å². The molecule has 0 radical (unpaired) electrons. The largest absolute Gasteiger partial charge is 0.480 e. The topological polar surface area (TPSA) is 63.6 Å². The van der Waals surface area contributed by atoms with Crippen LogP contribution >= 0.6 is 27.5 Å². The van der Waals surface area contributed by atoms with E-state index < -0.39 is 17.4 Å². The predicted molar refractivity (Wildman–Crippen MR) is 84.3 cm³/mol. The Balaban J connectivity index is 3.55. The minimum Gasteiger partial charge on any atom is -0.480 e. The van der Waals surface area contributed by atoms with Gasteiger partial charge in [0.25, 0.3) is 0 Å². The summed E-state index contributed by atoms with van der Waals surface area (Å²) in [5.41, 5.74) is 0.357. The van der Waals surface area contributed by atoms with Gasteiger partial charge in [-0.25, -0.2) is 0 Å². The van der Waals surface area contributed by atoms with Crippen LogP contribution in [0.15, 0.2) is 39.8 Å². The van der Waals surface area contributed by atoms with Gasteiger partial charge in [0.05, 0.1) is 6.61 Å². The number of benzene rings is 1. The number of hydrogen-bond donors (Lipinski definition) is 1. The lowest BCUT2D eigenvalue weighted by Gasteiger charge is -2.28. The molecule has 21 heavy (non-hydrogen) atoms. The van der Waals surface area contributed by atoms with Crippen LogP contribution in [0.1, 0.15) is 25.8 Å². The number of carbonyl (C=O) groups excluding carboxylic acids is 1. The third-order valence-electron chi connectivity index (χ3n) is 3.05. The molecule has 1 N–H and O–H groups in total. The van der Waals surface area contributed by atoms with Crippen molar-refractivity contribution in [2.45, 2.75) is 25.7 Å². The molecule has 1 aromatic carbocycles. The summed E-state index contributed by atoms with van der Waals surface area (Å²) in [5.74, 6) is -2.08. The minimum absolute atomic E-state index is 0.0622. The molecule has 0 aliphatic carbocycles. The normalized spacial score (nSPS) is 14.4. The molecule has 0 aliphatic rings. The summed E-state index contributed by atoms with van der Waals surface area (Å²) in [6.07, 6.45) is -0.0622. The SMILES string of the molecule is CCOC(=O)C(C/C(C)=C/Cl)(C(=O)O)c1ccccc1Br. The zero-order chi connectivity index (χ0) is 16.0. The Kier molecular flexibility index (Phi) is 6.42. The number of carboxylic acids is 1. The Morgan fingerprint density at radius 2 is 2.05 bits per heavy atom. The van der Waals surface area contributed by atoms with E-state index in [0.29, 0.717) is 15.6 Å². The van der Waals surface area contributed by atoms with E-state index in [9.17, 15) is 14.7 Å². The van der Waals surface area contributed by atoms with E-state index in [0.717, 1.165) is 0 Å². The van der Waals surface area contributed by atoms with Crippen molar-refractivity contribution in [3.05, 3.63) is 45.4 Å². The Labute approximate surface area is 136 Å². The molecule has 1 unspecified atom stereocenters. The van der Waals surface area contributed by atoms with E-state index in [1.807, 2.05) is 0 Å². The number of rotatable bonds is 6. The third-order valence-corrected chi connectivity index (χ3v) is 4.12. The van der Waals surface area contributed by atoms with Gasteiger partial charge >= 0.3 is 11.9 Å². The number of halogens is 2. The molecule has 0 aromatic heterocycles. The fraction of sp³-hybridized carbons (Fsp3) is 0.333. The van der Waals surface area contributed by atoms with Gasteiger partial charge in [-0.2, -0.15) is 0 Å². The highest BCUT2D eigenvalue weighted by Crippen LogP contribution is 2.37. The van der Waals surface area contributed by atoms with E-state index in [1.165, 1.54) is 5.54 Å². The molecule has 0 bridgehead atoms. The molecule has 1 aromatic rings. The highest BCUT2D eigenvalue weighted by atomic mass is 79.9. The summed E-state index contributed by atoms with van der Waals surface area (Å²) in [5, 5.41) is 9.75. The van der Waals surface area contributed by atoms with Crippen LogP contribution in [-0.2, 0) is 19.7 Å². The Hall–Kier alpha value is -1.33. The van der Waals surface area contributed by atoms with Gasteiger partial charge in [-0.1, -0.05) is 51.3 Å². The summed E-state index contributed by atoms with van der Waals surface area (Å²) in [6, 6.07) is 6.70. The molecule has 114 valence electrons. The van der Waals surface area contributed by atoms with Crippen LogP contribution in [0.3, 0.4) is 0 Å². The highest BCUT2D eigenvalue weighted by Gasteiger charge is 2.50. The first-order valence-corrected chi connectivity index (χ1v) is 7.54. The van der Waals surface area contributed by atoms with Gasteiger partial charge in [0.1, 0.15) is 0 Å². The Morgan fingerprint density at radius 3 is 2.52 bits per heavy atom. The summed E-state index contributed by atoms with van der Waals surface area (Å²) in [4.78, 5) is 24.4. The number of carbonyl (C=O) groups is 2. The average molecular weight is 376 g/mol. The molecule has 0 amide bonds. The third kappa shape index (κ3) is 3.66. The molecular weight excluding hydrogens is 360 g/mol. The van der Waals surface area contributed by atoms with Gasteiger partial charge in [0, 0.05) is 16.4 Å². The highest BCUT2D eigenvalue weighted by molar-refractivity contribution is 9.10. The van der Waals surface area contributed by atoms with Crippen LogP contribution in [0.5, 0.6) is 0 Å². The van der Waals surface area contributed by atoms with Crippen LogP contribution < -0.4 is 0 Å². The fourth-order valence-corrected chi connectivity index (χ4v) is 2.77. The van der Waals surface area contributed by atoms with Gasteiger partial charge < -0.3 is 9.84 Å². The second-order valence-electron chi connectivity index (χ2n) is 4.54. The quantitative estimate of drug-likeness (QED) is 0.605. The predicted octanol–water partition coefficient (Wildman–Crippen LogP) is 3.87. The van der Waals surface area contributed by atoms with Crippen molar-refractivity contribution in [3.63, 3.8) is 0 Å². The zero-order valence-electron chi connectivity index (χ0n) is 11.7. The zero-order valence-corrected chi connectivity index (χ0v) is 14.1. The molecule has 0 aliphatic heterocycles. The number of carboxylic acid groups (broad SMARTS) is 1. The maximum Gasteiger partial charge on any atom is 0.328 e. The first kappa shape index (κ1) is 17.7. The summed E-state index contributed by atoms with van der Waals surface area (Å²) in [7, 11) is 0. The van der Waals surface area contributed by atoms with Crippen molar-refractivity contribution in [2.24, 2.45) is 0 Å². The Bertz CT molecular complexity index is 571. The van der Waals surface area contributed by atoms with Gasteiger partial charge in [-0.05, 0) is 25.5 Å². The maximum absolute atomic E-state index is 12.4. The lowest BCUT2D eigenvalue weighted by Crippen LogP contribution is -2.45. The number of esters is 1. The van der Waals surface area contributed by atoms with E-state index in [4.69, 9.17) is 16.3 Å². The molecule has 4 nitrogen and oxygen atoms in total. The molecule has 6 heteroatoms. The summed E-state index contributed by atoms with van der Waals surface area (Å²) < 4.78 is 5.54. The summed E-state index contributed by atoms with van der Waals surface area (Å²) in [6.45, 7) is 3.40. The molecule has 0 spiro atoms. The molecule has 0 fully saturated rings. The van der Waals surface area contributed by atoms with E-state index in [2.05, 4.69) is 15.9 Å². The number of ether oxygens (including phenoxy) is 1. The Morgan fingerprint density at radius 1 is 1.43 bits per heavy atom. The van der Waals surface area contributed by atoms with Crippen molar-refractivity contribution in [1.29, 1.82) is 0 Å². The van der Waals surface area contributed by atoms with Crippen molar-refractivity contribution < 1.29 is 19.4 Å². The second kappa shape index (κ2) is 7.61. The lowest BCUT2D eigenvalue weighted by atomic mass is 9.75. The van der Waals surface area contributed by atoms with Crippen molar-refractivity contribution in [1.82, 2.24) is 0 Å². The van der Waals surface area contributed by atoms with Crippen LogP contribution in [-0.4, -0.2) is 23.7 Å². The van der Waals surface area contributed by atoms with Gasteiger partial charge in [-0.15, -0.1) is 0 Å². The van der Waals surface area contributed by atoms with Crippen molar-refractivity contribution >= 4 is 39.5 Å². The van der Waals surface area contributed by atoms with Crippen molar-refractivity contribution in [3.8, 4) is 0 Å². The molecule has 0 saturated carbocycles. The first-order valence-electron chi connectivity index (χ1n) is 6.31. The number of allylic oxidation sites excluding steroid dienone is 1. The molecular formula is C15H16BrClO4. The molecule has 1 atom stereocenters. The van der Waals surface area contributed by atoms with Crippen LogP contribution in [0.25, 0.3) is 0 Å². The molecule has 0 saturated heterocycles. The van der Waals surface area contributed by atoms with Crippen LogP contribution in [0.4, 0.5) is 0 Å². The van der Waals surface area contributed by atoms with E-state index >= 15 is 0 Å². The van der Waals surface area contributed by atoms with E-state index in [-0.39, 0.29) is 13.0 Å². The molecule has 0 heterocycles. The maximum atomic E-state index is 12.4. The first-order chi connectivity index (χ1) is 9.90. The smallest absolute Gasteiger partial charge is 0.328 e. The lowest BCUT2D eigenvalue weighted by molar-refractivity contribution is -0.161. The molecule has 1 rings (SSSR count). The van der Waals surface area contributed by atoms with Crippen molar-refractivity contribution in [2.75, 3.05) is 6.61 Å². The fourth-order valence-electron chi connectivity index (χ4n) is 2.07. The minimum atomic E-state index is -1.83. The van der Waals surface area contributed by atoms with Crippen LogP contribution in [0.2, 0.25) is 0 Å². The standard InChI is InChI=1S/C15H16BrClO4/c1-3-21-14(20)15(13(18)19,8-10(2)9-17)11-6-4-5-7-12(11)16/h4-7,9H,3,8H2,1-2H3,(H,18,19)/b10-9+. The van der Waals surface area contributed by atoms with Gasteiger partial charge in [-0.3, -0.25) is 9.59 Å². The van der Waals surface area contributed by atoms with Crippen LogP contribution in [0, 0.1) is 0 Å². The second-order valence-corrected chi connectivity index (χ2v) is 5.62. The average Bonchev–Trinajstić information content (AvgIpc) is 2.45. The van der Waals surface area contributed by atoms with Gasteiger partial charge in [0.2, 0.25) is 0 Å². The monoisotopic (exact) mass is 374 g/mol.